The maximum atomic E-state index is 5.77. The van der Waals surface area contributed by atoms with Gasteiger partial charge in [0.15, 0.2) is 0 Å². The Bertz CT molecular complexity index is 461. The lowest BCUT2D eigenvalue weighted by molar-refractivity contribution is 0.260. The van der Waals surface area contributed by atoms with Gasteiger partial charge in [-0.05, 0) is 52.2 Å². The van der Waals surface area contributed by atoms with Crippen molar-refractivity contribution in [2.75, 3.05) is 37.6 Å². The lowest BCUT2D eigenvalue weighted by Crippen LogP contribution is -2.35. The number of hydrogen-bond donors (Lipinski definition) is 1. The van der Waals surface area contributed by atoms with Crippen molar-refractivity contribution < 1.29 is 0 Å². The zero-order chi connectivity index (χ0) is 14.1. The minimum absolute atomic E-state index is 0.697. The van der Waals surface area contributed by atoms with E-state index in [1.54, 1.807) is 0 Å². The van der Waals surface area contributed by atoms with Crippen molar-refractivity contribution in [2.45, 2.75) is 38.6 Å². The van der Waals surface area contributed by atoms with Crippen LogP contribution in [-0.2, 0) is 13.5 Å². The van der Waals surface area contributed by atoms with E-state index in [2.05, 4.69) is 28.9 Å². The Kier molecular flexibility index (Phi) is 3.98. The van der Waals surface area contributed by atoms with E-state index < -0.39 is 0 Å². The van der Waals surface area contributed by atoms with Gasteiger partial charge in [-0.25, -0.2) is 0 Å². The maximum absolute atomic E-state index is 5.77. The second kappa shape index (κ2) is 5.74. The molecule has 3 heterocycles. The predicted octanol–water partition coefficient (Wildman–Crippen LogP) is 0.904. The highest BCUT2D eigenvalue weighted by atomic mass is 15.4. The molecular formula is C15H27N5. The Morgan fingerprint density at radius 2 is 2.00 bits per heavy atom. The Balaban J connectivity index is 1.76. The number of aromatic nitrogens is 2. The molecule has 0 spiro atoms. The quantitative estimate of drug-likeness (QED) is 0.888. The van der Waals surface area contributed by atoms with E-state index in [0.29, 0.717) is 6.54 Å². The summed E-state index contributed by atoms with van der Waals surface area (Å²) in [5.41, 5.74) is 8.25. The molecule has 2 aliphatic rings. The highest BCUT2D eigenvalue weighted by Crippen LogP contribution is 2.29. The van der Waals surface area contributed by atoms with Gasteiger partial charge >= 0.3 is 0 Å². The second-order valence-corrected chi connectivity index (χ2v) is 6.18. The molecule has 3 rings (SSSR count). The van der Waals surface area contributed by atoms with E-state index in [4.69, 9.17) is 5.73 Å². The lowest BCUT2D eigenvalue weighted by Gasteiger charge is -2.25. The monoisotopic (exact) mass is 277 g/mol. The van der Waals surface area contributed by atoms with Gasteiger partial charge < -0.3 is 10.6 Å². The molecule has 1 aromatic rings. The molecule has 0 bridgehead atoms. The standard InChI is InChI=1S/C15H27N5/c1-12-14(5-7-16)15(18(2)17-12)20-10-6-13(11-20)19-8-3-4-9-19/h13H,3-11,16H2,1-2H3. The number of anilines is 1. The molecule has 1 atom stereocenters. The summed E-state index contributed by atoms with van der Waals surface area (Å²) in [6, 6.07) is 0.735. The largest absolute Gasteiger partial charge is 0.355 e. The third-order valence-electron chi connectivity index (χ3n) is 4.83. The highest BCUT2D eigenvalue weighted by molar-refractivity contribution is 5.51. The number of rotatable bonds is 4. The molecule has 0 saturated carbocycles. The van der Waals surface area contributed by atoms with Gasteiger partial charge in [-0.3, -0.25) is 9.58 Å². The van der Waals surface area contributed by atoms with Crippen molar-refractivity contribution in [3.8, 4) is 0 Å². The van der Waals surface area contributed by atoms with Crippen LogP contribution in [0.25, 0.3) is 0 Å². The van der Waals surface area contributed by atoms with Crippen LogP contribution in [0.3, 0.4) is 0 Å². The predicted molar refractivity (Wildman–Crippen MR) is 82.1 cm³/mol. The van der Waals surface area contributed by atoms with Gasteiger partial charge in [0, 0.05) is 31.7 Å². The van der Waals surface area contributed by atoms with Crippen LogP contribution >= 0.6 is 0 Å². The van der Waals surface area contributed by atoms with Gasteiger partial charge in [0.2, 0.25) is 0 Å². The number of hydrogen-bond acceptors (Lipinski definition) is 4. The van der Waals surface area contributed by atoms with E-state index in [9.17, 15) is 0 Å². The molecule has 0 aliphatic carbocycles. The first kappa shape index (κ1) is 13.9. The minimum atomic E-state index is 0.697. The summed E-state index contributed by atoms with van der Waals surface area (Å²) in [6.45, 7) is 7.68. The van der Waals surface area contributed by atoms with E-state index in [-0.39, 0.29) is 0 Å². The topological polar surface area (TPSA) is 50.3 Å². The maximum Gasteiger partial charge on any atom is 0.130 e. The normalized spacial score (nSPS) is 23.9. The van der Waals surface area contributed by atoms with Crippen molar-refractivity contribution in [1.29, 1.82) is 0 Å². The lowest BCUT2D eigenvalue weighted by atomic mass is 10.1. The summed E-state index contributed by atoms with van der Waals surface area (Å²) in [7, 11) is 2.06. The van der Waals surface area contributed by atoms with E-state index >= 15 is 0 Å². The molecule has 112 valence electrons. The van der Waals surface area contributed by atoms with Crippen LogP contribution in [0.4, 0.5) is 5.82 Å². The summed E-state index contributed by atoms with van der Waals surface area (Å²) in [5, 5.41) is 4.60. The summed E-state index contributed by atoms with van der Waals surface area (Å²) in [6.07, 6.45) is 4.96. The fourth-order valence-electron chi connectivity index (χ4n) is 3.86. The molecule has 5 nitrogen and oxygen atoms in total. The van der Waals surface area contributed by atoms with E-state index in [1.807, 2.05) is 4.68 Å². The Morgan fingerprint density at radius 1 is 1.25 bits per heavy atom. The molecule has 0 amide bonds. The Hall–Kier alpha value is -1.07. The van der Waals surface area contributed by atoms with Crippen molar-refractivity contribution in [1.82, 2.24) is 14.7 Å². The first-order valence-corrected chi connectivity index (χ1v) is 7.92. The molecule has 2 aliphatic heterocycles. The average molecular weight is 277 g/mol. The van der Waals surface area contributed by atoms with Crippen molar-refractivity contribution in [2.24, 2.45) is 12.8 Å². The number of likely N-dealkylation sites (tertiary alicyclic amines) is 1. The van der Waals surface area contributed by atoms with Gasteiger partial charge in [-0.1, -0.05) is 0 Å². The van der Waals surface area contributed by atoms with E-state index in [0.717, 1.165) is 31.2 Å². The van der Waals surface area contributed by atoms with Crippen molar-refractivity contribution in [3.63, 3.8) is 0 Å². The van der Waals surface area contributed by atoms with Crippen LogP contribution in [0, 0.1) is 6.92 Å². The van der Waals surface area contributed by atoms with Crippen LogP contribution < -0.4 is 10.6 Å². The molecule has 5 heteroatoms. The van der Waals surface area contributed by atoms with Gasteiger partial charge in [-0.2, -0.15) is 5.10 Å². The number of nitrogens with zero attached hydrogens (tertiary/aromatic N) is 4. The molecule has 2 N–H and O–H groups in total. The molecule has 2 fully saturated rings. The first-order valence-electron chi connectivity index (χ1n) is 7.92. The van der Waals surface area contributed by atoms with Crippen LogP contribution in [0.2, 0.25) is 0 Å². The molecule has 1 unspecified atom stereocenters. The highest BCUT2D eigenvalue weighted by Gasteiger charge is 2.31. The minimum Gasteiger partial charge on any atom is -0.355 e. The van der Waals surface area contributed by atoms with Crippen LogP contribution in [0.5, 0.6) is 0 Å². The van der Waals surface area contributed by atoms with E-state index in [1.165, 1.54) is 43.7 Å². The van der Waals surface area contributed by atoms with Gasteiger partial charge in [-0.15, -0.1) is 0 Å². The second-order valence-electron chi connectivity index (χ2n) is 6.18. The zero-order valence-electron chi connectivity index (χ0n) is 12.8. The van der Waals surface area contributed by atoms with Gasteiger partial charge in [0.05, 0.1) is 5.69 Å². The zero-order valence-corrected chi connectivity index (χ0v) is 12.8. The molecule has 20 heavy (non-hydrogen) atoms. The van der Waals surface area contributed by atoms with Gasteiger partial charge in [0.25, 0.3) is 0 Å². The molecular weight excluding hydrogens is 250 g/mol. The Morgan fingerprint density at radius 3 is 2.70 bits per heavy atom. The fourth-order valence-corrected chi connectivity index (χ4v) is 3.86. The van der Waals surface area contributed by atoms with Crippen LogP contribution in [0.1, 0.15) is 30.5 Å². The van der Waals surface area contributed by atoms with Crippen molar-refractivity contribution >= 4 is 5.82 Å². The fraction of sp³-hybridized carbons (Fsp3) is 0.800. The molecule has 0 radical (unpaired) electrons. The smallest absolute Gasteiger partial charge is 0.130 e. The summed E-state index contributed by atoms with van der Waals surface area (Å²) in [4.78, 5) is 5.19. The van der Waals surface area contributed by atoms with Crippen LogP contribution in [0.15, 0.2) is 0 Å². The third kappa shape index (κ3) is 2.44. The molecule has 1 aromatic heterocycles. The number of nitrogens with two attached hydrogens (primary N) is 1. The van der Waals surface area contributed by atoms with Crippen molar-refractivity contribution in [3.05, 3.63) is 11.3 Å². The Labute approximate surface area is 121 Å². The third-order valence-corrected chi connectivity index (χ3v) is 4.83. The van der Waals surface area contributed by atoms with Gasteiger partial charge in [0.1, 0.15) is 5.82 Å². The summed E-state index contributed by atoms with van der Waals surface area (Å²) in [5.74, 6) is 1.30. The summed E-state index contributed by atoms with van der Waals surface area (Å²) < 4.78 is 2.05. The van der Waals surface area contributed by atoms with Crippen LogP contribution in [-0.4, -0.2) is 53.4 Å². The molecule has 2 saturated heterocycles. The molecule has 0 aromatic carbocycles. The summed E-state index contributed by atoms with van der Waals surface area (Å²) >= 11 is 0. The SMILES string of the molecule is Cc1nn(C)c(N2CCC(N3CCCC3)C2)c1CCN. The number of aryl methyl sites for hydroxylation is 2. The average Bonchev–Trinajstić information content (AvgIpc) is 3.11. The first-order chi connectivity index (χ1) is 9.70.